The number of aliphatic carboxylic acids is 2. The molecule has 0 rings (SSSR count). The summed E-state index contributed by atoms with van der Waals surface area (Å²) in [7, 11) is 0. The minimum absolute atomic E-state index is 0. The summed E-state index contributed by atoms with van der Waals surface area (Å²) < 4.78 is 0. The molecule has 0 aromatic carbocycles. The third-order valence-corrected chi connectivity index (χ3v) is 1.28. The number of unbranched alkanes of at least 4 members (excludes halogenated alkanes) is 2. The maximum Gasteiger partial charge on any atom is 0.303 e. The summed E-state index contributed by atoms with van der Waals surface area (Å²) in [5.74, 6) is -1.64. The van der Waals surface area contributed by atoms with Gasteiger partial charge in [0.15, 0.2) is 0 Å². The minimum Gasteiger partial charge on any atom is -0.481 e. The molecular formula is C7H12CdO4. The zero-order valence-corrected chi connectivity index (χ0v) is 11.0. The van der Waals surface area contributed by atoms with Crippen LogP contribution in [0.1, 0.15) is 32.1 Å². The topological polar surface area (TPSA) is 74.6 Å². The summed E-state index contributed by atoms with van der Waals surface area (Å²) in [5, 5.41) is 16.4. The van der Waals surface area contributed by atoms with Gasteiger partial charge in [-0.15, -0.1) is 0 Å². The first-order valence-corrected chi connectivity index (χ1v) is 3.56. The number of carboxylic acids is 2. The molecule has 5 heteroatoms. The molecule has 0 aliphatic rings. The monoisotopic (exact) mass is 274 g/mol. The number of carboxylic acid groups (broad SMARTS) is 2. The molecule has 12 heavy (non-hydrogen) atoms. The summed E-state index contributed by atoms with van der Waals surface area (Å²) in [6.45, 7) is 0. The van der Waals surface area contributed by atoms with E-state index in [1.165, 1.54) is 0 Å². The van der Waals surface area contributed by atoms with E-state index in [9.17, 15) is 9.59 Å². The van der Waals surface area contributed by atoms with Gasteiger partial charge in [0, 0.05) is 40.1 Å². The van der Waals surface area contributed by atoms with Crippen LogP contribution < -0.4 is 0 Å². The van der Waals surface area contributed by atoms with Crippen LogP contribution in [0.15, 0.2) is 0 Å². The van der Waals surface area contributed by atoms with Gasteiger partial charge in [-0.2, -0.15) is 0 Å². The third kappa shape index (κ3) is 12.5. The van der Waals surface area contributed by atoms with Gasteiger partial charge >= 0.3 is 11.9 Å². The van der Waals surface area contributed by atoms with Crippen LogP contribution in [-0.4, -0.2) is 22.2 Å². The van der Waals surface area contributed by atoms with Crippen molar-refractivity contribution in [3.05, 3.63) is 0 Å². The molecule has 0 saturated heterocycles. The molecule has 0 unspecified atom stereocenters. The van der Waals surface area contributed by atoms with Crippen molar-refractivity contribution in [2.24, 2.45) is 0 Å². The molecule has 0 aromatic rings. The first kappa shape index (κ1) is 14.4. The Bertz CT molecular complexity index is 130. The maximum atomic E-state index is 9.98. The van der Waals surface area contributed by atoms with Crippen LogP contribution in [0.3, 0.4) is 0 Å². The van der Waals surface area contributed by atoms with E-state index < -0.39 is 11.9 Å². The molecule has 0 spiro atoms. The number of carbonyl (C=O) groups is 2. The predicted molar refractivity (Wildman–Crippen MR) is 38.4 cm³/mol. The zero-order valence-electron chi connectivity index (χ0n) is 6.95. The van der Waals surface area contributed by atoms with Crippen molar-refractivity contribution in [1.82, 2.24) is 0 Å². The van der Waals surface area contributed by atoms with Crippen molar-refractivity contribution >= 4 is 11.9 Å². The third-order valence-electron chi connectivity index (χ3n) is 1.28. The Morgan fingerprint density at radius 1 is 0.833 bits per heavy atom. The van der Waals surface area contributed by atoms with Crippen molar-refractivity contribution in [2.45, 2.75) is 32.1 Å². The summed E-state index contributed by atoms with van der Waals surface area (Å²) in [5.41, 5.74) is 0. The fourth-order valence-electron chi connectivity index (χ4n) is 0.729. The van der Waals surface area contributed by atoms with Crippen LogP contribution in [0.25, 0.3) is 0 Å². The first-order chi connectivity index (χ1) is 5.13. The summed E-state index contributed by atoms with van der Waals surface area (Å²) in [4.78, 5) is 20.0. The molecule has 0 aromatic heterocycles. The van der Waals surface area contributed by atoms with E-state index in [1.807, 2.05) is 0 Å². The van der Waals surface area contributed by atoms with E-state index in [2.05, 4.69) is 0 Å². The van der Waals surface area contributed by atoms with Crippen molar-refractivity contribution in [3.63, 3.8) is 0 Å². The molecule has 0 aliphatic carbocycles. The van der Waals surface area contributed by atoms with E-state index in [4.69, 9.17) is 10.2 Å². The normalized spacial score (nSPS) is 8.67. The Morgan fingerprint density at radius 3 is 1.42 bits per heavy atom. The molecular weight excluding hydrogens is 260 g/mol. The van der Waals surface area contributed by atoms with Crippen molar-refractivity contribution in [2.75, 3.05) is 0 Å². The Balaban J connectivity index is 0. The largest absolute Gasteiger partial charge is 0.481 e. The Morgan fingerprint density at radius 2 is 1.17 bits per heavy atom. The van der Waals surface area contributed by atoms with Gasteiger partial charge in [0.05, 0.1) is 0 Å². The van der Waals surface area contributed by atoms with Crippen molar-refractivity contribution in [1.29, 1.82) is 0 Å². The van der Waals surface area contributed by atoms with Crippen LogP contribution in [0.2, 0.25) is 0 Å². The fourth-order valence-corrected chi connectivity index (χ4v) is 0.729. The van der Waals surface area contributed by atoms with E-state index in [-0.39, 0.29) is 40.1 Å². The second-order valence-corrected chi connectivity index (χ2v) is 2.35. The zero-order chi connectivity index (χ0) is 8.69. The maximum absolute atomic E-state index is 9.98. The molecule has 0 heterocycles. The van der Waals surface area contributed by atoms with Gasteiger partial charge in [-0.25, -0.2) is 0 Å². The number of rotatable bonds is 6. The quantitative estimate of drug-likeness (QED) is 0.561. The molecule has 0 saturated carbocycles. The molecule has 4 nitrogen and oxygen atoms in total. The summed E-state index contributed by atoms with van der Waals surface area (Å²) in [6, 6.07) is 0. The first-order valence-electron chi connectivity index (χ1n) is 3.56. The summed E-state index contributed by atoms with van der Waals surface area (Å²) >= 11 is 0. The average molecular weight is 273 g/mol. The second-order valence-electron chi connectivity index (χ2n) is 2.35. The Kier molecular flexibility index (Phi) is 10.7. The van der Waals surface area contributed by atoms with Crippen LogP contribution in [0.4, 0.5) is 0 Å². The fraction of sp³-hybridized carbons (Fsp3) is 0.714. The minimum atomic E-state index is -0.819. The van der Waals surface area contributed by atoms with Crippen molar-refractivity contribution in [3.8, 4) is 0 Å². The Labute approximate surface area is 91.1 Å². The van der Waals surface area contributed by atoms with Gasteiger partial charge in [0.25, 0.3) is 0 Å². The van der Waals surface area contributed by atoms with E-state index >= 15 is 0 Å². The van der Waals surface area contributed by atoms with Crippen LogP contribution >= 0.6 is 0 Å². The predicted octanol–water partition coefficient (Wildman–Crippen LogP) is 1.10. The van der Waals surface area contributed by atoms with E-state index in [0.29, 0.717) is 19.3 Å². The molecule has 0 amide bonds. The standard InChI is InChI=1S/C7H12O4.Cd/c8-6(9)4-2-1-3-5-7(10)11;/h1-5H2,(H,8,9)(H,10,11);. The van der Waals surface area contributed by atoms with Gasteiger partial charge < -0.3 is 10.2 Å². The second kappa shape index (κ2) is 8.95. The van der Waals surface area contributed by atoms with Gasteiger partial charge in [-0.1, -0.05) is 6.42 Å². The SMILES string of the molecule is O=C(O)CCCCCC(=O)O.[Cd]. The van der Waals surface area contributed by atoms with Crippen LogP contribution in [-0.2, 0) is 36.9 Å². The molecule has 66 valence electrons. The van der Waals surface area contributed by atoms with E-state index in [0.717, 1.165) is 0 Å². The molecule has 0 atom stereocenters. The van der Waals surface area contributed by atoms with Crippen LogP contribution in [0, 0.1) is 0 Å². The van der Waals surface area contributed by atoms with Crippen LogP contribution in [0.5, 0.6) is 0 Å². The van der Waals surface area contributed by atoms with Gasteiger partial charge in [-0.3, -0.25) is 9.59 Å². The van der Waals surface area contributed by atoms with Gasteiger partial charge in [0.2, 0.25) is 0 Å². The molecule has 0 radical (unpaired) electrons. The smallest absolute Gasteiger partial charge is 0.303 e. The average Bonchev–Trinajstić information content (AvgIpc) is 1.85. The molecule has 0 bridgehead atoms. The van der Waals surface area contributed by atoms with E-state index in [1.54, 1.807) is 0 Å². The van der Waals surface area contributed by atoms with Gasteiger partial charge in [-0.05, 0) is 12.8 Å². The summed E-state index contributed by atoms with van der Waals surface area (Å²) in [6.07, 6.45) is 2.10. The Hall–Kier alpha value is -0.138. The van der Waals surface area contributed by atoms with Crippen molar-refractivity contribution < 1.29 is 47.1 Å². The molecule has 2 N–H and O–H groups in total. The molecule has 0 aliphatic heterocycles. The van der Waals surface area contributed by atoms with Gasteiger partial charge in [0.1, 0.15) is 0 Å². The molecule has 0 fully saturated rings. The number of hydrogen-bond acceptors (Lipinski definition) is 2. The number of hydrogen-bond donors (Lipinski definition) is 2.